The van der Waals surface area contributed by atoms with E-state index in [1.165, 1.54) is 11.3 Å². The first-order chi connectivity index (χ1) is 11.2. The van der Waals surface area contributed by atoms with Crippen LogP contribution in [-0.4, -0.2) is 24.0 Å². The molecule has 2 aromatic heterocycles. The lowest BCUT2D eigenvalue weighted by Gasteiger charge is -2.06. The molecule has 1 amide bonds. The van der Waals surface area contributed by atoms with Crippen LogP contribution in [0.15, 0.2) is 42.7 Å². The van der Waals surface area contributed by atoms with E-state index in [4.69, 9.17) is 22.1 Å². The number of amides is 1. The fourth-order valence-electron chi connectivity index (χ4n) is 2.03. The molecule has 23 heavy (non-hydrogen) atoms. The van der Waals surface area contributed by atoms with E-state index in [-0.39, 0.29) is 5.91 Å². The van der Waals surface area contributed by atoms with Gasteiger partial charge in [0.15, 0.2) is 5.75 Å². The average Bonchev–Trinajstić information content (AvgIpc) is 3.00. The van der Waals surface area contributed by atoms with Crippen LogP contribution in [0.4, 0.5) is 0 Å². The van der Waals surface area contributed by atoms with Crippen molar-refractivity contribution in [3.05, 3.63) is 52.6 Å². The minimum absolute atomic E-state index is 0.144. The third kappa shape index (κ3) is 3.61. The van der Waals surface area contributed by atoms with Crippen molar-refractivity contribution in [2.75, 3.05) is 13.1 Å². The maximum absolute atomic E-state index is 12.0. The summed E-state index contributed by atoms with van der Waals surface area (Å²) in [5.74, 6) is 1.11. The fourth-order valence-corrected chi connectivity index (χ4v) is 3.12. The lowest BCUT2D eigenvalue weighted by atomic mass is 10.2. The Balaban J connectivity index is 1.90. The molecular formula is C16H14ClN3O2S. The minimum Gasteiger partial charge on any atom is -0.455 e. The molecular weight excluding hydrogens is 334 g/mol. The molecule has 0 aliphatic rings. The summed E-state index contributed by atoms with van der Waals surface area (Å²) in [5.41, 5.74) is 5.40. The summed E-state index contributed by atoms with van der Waals surface area (Å²) in [6.07, 6.45) is 3.35. The molecule has 1 aromatic carbocycles. The zero-order chi connectivity index (χ0) is 16.2. The molecule has 0 aliphatic carbocycles. The quantitative estimate of drug-likeness (QED) is 0.741. The molecule has 3 aromatic rings. The van der Waals surface area contributed by atoms with Crippen LogP contribution in [0.1, 0.15) is 9.67 Å². The molecule has 3 N–H and O–H groups in total. The van der Waals surface area contributed by atoms with Gasteiger partial charge in [0.05, 0.1) is 15.8 Å². The summed E-state index contributed by atoms with van der Waals surface area (Å²) in [6, 6.07) is 8.87. The highest BCUT2D eigenvalue weighted by molar-refractivity contribution is 7.20. The highest BCUT2D eigenvalue weighted by Crippen LogP contribution is 2.34. The van der Waals surface area contributed by atoms with Crippen molar-refractivity contribution in [2.24, 2.45) is 5.73 Å². The number of nitrogens with two attached hydrogens (primary N) is 1. The zero-order valence-electron chi connectivity index (χ0n) is 12.1. The number of nitrogens with zero attached hydrogens (tertiary/aromatic N) is 1. The highest BCUT2D eigenvalue weighted by atomic mass is 35.5. The summed E-state index contributed by atoms with van der Waals surface area (Å²) in [4.78, 5) is 16.8. The molecule has 0 saturated heterocycles. The van der Waals surface area contributed by atoms with Crippen molar-refractivity contribution < 1.29 is 9.53 Å². The maximum atomic E-state index is 12.0. The first-order valence-corrected chi connectivity index (χ1v) is 8.16. The second-order valence-corrected chi connectivity index (χ2v) is 6.28. The summed E-state index contributed by atoms with van der Waals surface area (Å²) in [5, 5.41) is 4.24. The van der Waals surface area contributed by atoms with Gasteiger partial charge in [-0.3, -0.25) is 9.78 Å². The van der Waals surface area contributed by atoms with Crippen molar-refractivity contribution in [1.82, 2.24) is 10.3 Å². The molecule has 7 heteroatoms. The number of hydrogen-bond donors (Lipinski definition) is 2. The van der Waals surface area contributed by atoms with Gasteiger partial charge in [-0.1, -0.05) is 11.6 Å². The van der Waals surface area contributed by atoms with Crippen molar-refractivity contribution in [3.8, 4) is 11.5 Å². The van der Waals surface area contributed by atoms with E-state index in [0.717, 1.165) is 10.1 Å². The lowest BCUT2D eigenvalue weighted by molar-refractivity contribution is 0.0959. The van der Waals surface area contributed by atoms with Gasteiger partial charge in [-0.25, -0.2) is 0 Å². The topological polar surface area (TPSA) is 77.2 Å². The van der Waals surface area contributed by atoms with Crippen LogP contribution in [0.3, 0.4) is 0 Å². The second kappa shape index (κ2) is 6.95. The van der Waals surface area contributed by atoms with Crippen LogP contribution >= 0.6 is 22.9 Å². The normalized spacial score (nSPS) is 10.7. The lowest BCUT2D eigenvalue weighted by Crippen LogP contribution is -2.28. The Bertz CT molecular complexity index is 833. The molecule has 0 fully saturated rings. The van der Waals surface area contributed by atoms with Crippen LogP contribution in [-0.2, 0) is 0 Å². The molecule has 0 atom stereocenters. The van der Waals surface area contributed by atoms with E-state index < -0.39 is 0 Å². The molecule has 2 heterocycles. The Labute approximate surface area is 142 Å². The number of benzene rings is 1. The van der Waals surface area contributed by atoms with Gasteiger partial charge >= 0.3 is 0 Å². The zero-order valence-corrected chi connectivity index (χ0v) is 13.7. The second-order valence-electron chi connectivity index (χ2n) is 4.76. The predicted molar refractivity (Wildman–Crippen MR) is 92.5 cm³/mol. The van der Waals surface area contributed by atoms with E-state index in [0.29, 0.717) is 34.5 Å². The van der Waals surface area contributed by atoms with Crippen molar-refractivity contribution in [2.45, 2.75) is 0 Å². The van der Waals surface area contributed by atoms with E-state index in [1.54, 1.807) is 42.7 Å². The van der Waals surface area contributed by atoms with E-state index in [2.05, 4.69) is 10.3 Å². The molecule has 0 spiro atoms. The Hall–Kier alpha value is -2.15. The third-order valence-electron chi connectivity index (χ3n) is 3.10. The van der Waals surface area contributed by atoms with E-state index in [1.807, 2.05) is 0 Å². The molecule has 0 radical (unpaired) electrons. The Kier molecular flexibility index (Phi) is 4.76. The molecule has 5 nitrogen and oxygen atoms in total. The van der Waals surface area contributed by atoms with E-state index in [9.17, 15) is 4.79 Å². The van der Waals surface area contributed by atoms with Crippen LogP contribution in [0.5, 0.6) is 11.5 Å². The smallest absolute Gasteiger partial charge is 0.261 e. The van der Waals surface area contributed by atoms with Gasteiger partial charge in [0.1, 0.15) is 5.75 Å². The van der Waals surface area contributed by atoms with Crippen molar-refractivity contribution in [1.29, 1.82) is 0 Å². The van der Waals surface area contributed by atoms with Gasteiger partial charge in [0.2, 0.25) is 0 Å². The summed E-state index contributed by atoms with van der Waals surface area (Å²) >= 11 is 7.24. The van der Waals surface area contributed by atoms with Crippen LogP contribution in [0.2, 0.25) is 5.02 Å². The van der Waals surface area contributed by atoms with Gasteiger partial charge < -0.3 is 15.8 Å². The first kappa shape index (κ1) is 15.7. The molecule has 0 unspecified atom stereocenters. The minimum atomic E-state index is -0.144. The van der Waals surface area contributed by atoms with Gasteiger partial charge in [0, 0.05) is 29.7 Å². The summed E-state index contributed by atoms with van der Waals surface area (Å²) in [6.45, 7) is 0.850. The number of fused-ring (bicyclic) bond motifs is 1. The van der Waals surface area contributed by atoms with Gasteiger partial charge in [-0.2, -0.15) is 0 Å². The first-order valence-electron chi connectivity index (χ1n) is 6.96. The predicted octanol–water partition coefficient (Wildman–Crippen LogP) is 3.43. The Morgan fingerprint density at radius 3 is 2.83 bits per heavy atom. The highest BCUT2D eigenvalue weighted by Gasteiger charge is 2.13. The van der Waals surface area contributed by atoms with Crippen LogP contribution in [0, 0.1) is 0 Å². The summed E-state index contributed by atoms with van der Waals surface area (Å²) < 4.78 is 6.74. The monoisotopic (exact) mass is 347 g/mol. The van der Waals surface area contributed by atoms with E-state index >= 15 is 0 Å². The number of rotatable bonds is 5. The van der Waals surface area contributed by atoms with Gasteiger partial charge in [-0.15, -0.1) is 11.3 Å². The number of halogens is 1. The SMILES string of the molecule is NCCNC(=O)c1cc2c(Oc3ccc(Cl)cc3)cncc2s1. The number of carbonyl (C=O) groups is 1. The standard InChI is InChI=1S/C16H14ClN3O2S/c17-10-1-3-11(4-2-10)22-13-8-19-9-15-12(13)7-14(23-15)16(21)20-6-5-18/h1-4,7-9H,5-6,18H2,(H,20,21). The number of thiophene rings is 1. The van der Waals surface area contributed by atoms with Crippen molar-refractivity contribution in [3.63, 3.8) is 0 Å². The molecule has 3 rings (SSSR count). The van der Waals surface area contributed by atoms with Gasteiger partial charge in [0.25, 0.3) is 5.91 Å². The number of hydrogen-bond acceptors (Lipinski definition) is 5. The fraction of sp³-hybridized carbons (Fsp3) is 0.125. The Morgan fingerprint density at radius 1 is 1.30 bits per heavy atom. The largest absolute Gasteiger partial charge is 0.455 e. The van der Waals surface area contributed by atoms with Gasteiger partial charge in [-0.05, 0) is 30.3 Å². The number of nitrogens with one attached hydrogen (secondary N) is 1. The van der Waals surface area contributed by atoms with Crippen LogP contribution in [0.25, 0.3) is 10.1 Å². The Morgan fingerprint density at radius 2 is 2.09 bits per heavy atom. The molecule has 0 aliphatic heterocycles. The number of carbonyl (C=O) groups excluding carboxylic acids is 1. The molecule has 0 bridgehead atoms. The third-order valence-corrected chi connectivity index (χ3v) is 4.43. The number of aromatic nitrogens is 1. The summed E-state index contributed by atoms with van der Waals surface area (Å²) in [7, 11) is 0. The molecule has 0 saturated carbocycles. The van der Waals surface area contributed by atoms with Crippen molar-refractivity contribution >= 4 is 38.9 Å². The number of pyridine rings is 1. The molecule has 118 valence electrons. The number of ether oxygens (including phenoxy) is 1. The van der Waals surface area contributed by atoms with Crippen LogP contribution < -0.4 is 15.8 Å². The average molecular weight is 348 g/mol. The maximum Gasteiger partial charge on any atom is 0.261 e.